The molecular formula is C39H78N2. The van der Waals surface area contributed by atoms with Crippen molar-refractivity contribution >= 4 is 0 Å². The van der Waals surface area contributed by atoms with Gasteiger partial charge < -0.3 is 9.80 Å². The van der Waals surface area contributed by atoms with E-state index in [9.17, 15) is 0 Å². The van der Waals surface area contributed by atoms with E-state index in [2.05, 4.69) is 43.0 Å². The summed E-state index contributed by atoms with van der Waals surface area (Å²) in [5.74, 6) is 0. The van der Waals surface area contributed by atoms with E-state index in [0.717, 1.165) is 0 Å². The predicted octanol–water partition coefficient (Wildman–Crippen LogP) is 13.6. The van der Waals surface area contributed by atoms with Gasteiger partial charge in [0.1, 0.15) is 6.17 Å². The van der Waals surface area contributed by atoms with Crippen molar-refractivity contribution in [1.29, 1.82) is 0 Å². The van der Waals surface area contributed by atoms with Crippen LogP contribution in [0.3, 0.4) is 0 Å². The number of unbranched alkanes of at least 4 members (excludes halogenated alkanes) is 27. The van der Waals surface area contributed by atoms with Crippen LogP contribution in [0, 0.1) is 0 Å². The van der Waals surface area contributed by atoms with Gasteiger partial charge in [-0.1, -0.05) is 194 Å². The van der Waals surface area contributed by atoms with E-state index in [1.807, 2.05) is 0 Å². The Hall–Kier alpha value is -0.660. The highest BCUT2D eigenvalue weighted by atomic mass is 15.4. The summed E-state index contributed by atoms with van der Waals surface area (Å²) in [5.41, 5.74) is 0. The monoisotopic (exact) mass is 575 g/mol. The Morgan fingerprint density at radius 1 is 0.317 bits per heavy atom. The van der Waals surface area contributed by atoms with Crippen molar-refractivity contribution in [2.45, 2.75) is 226 Å². The normalized spacial score (nSPS) is 15.0. The summed E-state index contributed by atoms with van der Waals surface area (Å²) in [6, 6.07) is 0. The smallest absolute Gasteiger partial charge is 0.101 e. The van der Waals surface area contributed by atoms with Crippen molar-refractivity contribution < 1.29 is 0 Å². The molecule has 1 atom stereocenters. The van der Waals surface area contributed by atoms with Gasteiger partial charge in [0.15, 0.2) is 0 Å². The lowest BCUT2D eigenvalue weighted by Gasteiger charge is -2.33. The first-order valence-corrected chi connectivity index (χ1v) is 19.5. The predicted molar refractivity (Wildman–Crippen MR) is 186 cm³/mol. The molecule has 2 heteroatoms. The van der Waals surface area contributed by atoms with Gasteiger partial charge in [-0.05, 0) is 25.7 Å². The van der Waals surface area contributed by atoms with Crippen molar-refractivity contribution in [3.05, 3.63) is 12.4 Å². The summed E-state index contributed by atoms with van der Waals surface area (Å²) < 4.78 is 0. The van der Waals surface area contributed by atoms with Gasteiger partial charge in [0, 0.05) is 25.5 Å². The van der Waals surface area contributed by atoms with Crippen LogP contribution < -0.4 is 0 Å². The zero-order valence-corrected chi connectivity index (χ0v) is 29.0. The van der Waals surface area contributed by atoms with Gasteiger partial charge in [-0.3, -0.25) is 0 Å². The van der Waals surface area contributed by atoms with E-state index in [1.54, 1.807) is 0 Å². The summed E-state index contributed by atoms with van der Waals surface area (Å²) in [6.45, 7) is 9.48. The molecule has 41 heavy (non-hydrogen) atoms. The number of nitrogens with zero attached hydrogens (tertiary/aromatic N) is 2. The zero-order chi connectivity index (χ0) is 29.5. The first-order chi connectivity index (χ1) is 20.3. The highest BCUT2D eigenvalue weighted by Crippen LogP contribution is 2.24. The molecule has 1 aliphatic rings. The van der Waals surface area contributed by atoms with Crippen molar-refractivity contribution in [1.82, 2.24) is 9.80 Å². The van der Waals surface area contributed by atoms with Crippen LogP contribution >= 0.6 is 0 Å². The van der Waals surface area contributed by atoms with E-state index in [-0.39, 0.29) is 0 Å². The molecule has 1 heterocycles. The third-order valence-corrected chi connectivity index (χ3v) is 9.57. The van der Waals surface area contributed by atoms with Crippen LogP contribution in [0.2, 0.25) is 0 Å². The molecule has 0 bridgehead atoms. The minimum Gasteiger partial charge on any atom is -0.356 e. The standard InChI is InChI=1S/C39H78N2/c1-4-7-10-13-16-18-20-21-23-25-27-30-33-36-41-38-37-40(35-32-29-15-12-9-6-3)39(41)34-31-28-26-24-22-19-17-14-11-8-5-2/h37-39H,4-36H2,1-3H3. The fourth-order valence-electron chi connectivity index (χ4n) is 6.72. The molecule has 0 spiro atoms. The van der Waals surface area contributed by atoms with Crippen molar-refractivity contribution in [3.8, 4) is 0 Å². The van der Waals surface area contributed by atoms with Crippen molar-refractivity contribution in [3.63, 3.8) is 0 Å². The molecule has 1 rings (SSSR count). The molecule has 0 aromatic carbocycles. The van der Waals surface area contributed by atoms with E-state index >= 15 is 0 Å². The third kappa shape index (κ3) is 23.5. The maximum atomic E-state index is 2.71. The SMILES string of the molecule is CCCCCCCCCCCCCCCN1C=CN(CCCCCCCC)C1CCCCCCCCCCCCC. The molecule has 0 aliphatic carbocycles. The molecule has 2 nitrogen and oxygen atoms in total. The first kappa shape index (κ1) is 38.4. The van der Waals surface area contributed by atoms with Gasteiger partial charge in [-0.2, -0.15) is 0 Å². The van der Waals surface area contributed by atoms with Crippen LogP contribution in [-0.4, -0.2) is 29.1 Å². The van der Waals surface area contributed by atoms with Gasteiger partial charge in [-0.25, -0.2) is 0 Å². The third-order valence-electron chi connectivity index (χ3n) is 9.57. The Labute approximate surface area is 260 Å². The average Bonchev–Trinajstić information content (AvgIpc) is 3.37. The Kier molecular flexibility index (Phi) is 28.8. The lowest BCUT2D eigenvalue weighted by molar-refractivity contribution is 0.135. The molecule has 0 radical (unpaired) electrons. The van der Waals surface area contributed by atoms with Gasteiger partial charge >= 0.3 is 0 Å². The van der Waals surface area contributed by atoms with Crippen LogP contribution in [0.5, 0.6) is 0 Å². The first-order valence-electron chi connectivity index (χ1n) is 19.5. The fraction of sp³-hybridized carbons (Fsp3) is 0.949. The minimum absolute atomic E-state index is 0.640. The number of hydrogen-bond acceptors (Lipinski definition) is 2. The fourth-order valence-corrected chi connectivity index (χ4v) is 6.72. The summed E-state index contributed by atoms with van der Waals surface area (Å²) in [6.07, 6.45) is 49.9. The molecule has 0 aromatic rings. The average molecular weight is 575 g/mol. The Balaban J connectivity index is 2.19. The topological polar surface area (TPSA) is 6.48 Å². The molecular weight excluding hydrogens is 496 g/mol. The summed E-state index contributed by atoms with van der Waals surface area (Å²) in [5, 5.41) is 0. The lowest BCUT2D eigenvalue weighted by Crippen LogP contribution is -2.39. The molecule has 0 fully saturated rings. The van der Waals surface area contributed by atoms with Gasteiger partial charge in [0.2, 0.25) is 0 Å². The summed E-state index contributed by atoms with van der Waals surface area (Å²) >= 11 is 0. The van der Waals surface area contributed by atoms with Crippen LogP contribution in [0.25, 0.3) is 0 Å². The quantitative estimate of drug-likeness (QED) is 0.0719. The van der Waals surface area contributed by atoms with Crippen LogP contribution in [0.1, 0.15) is 220 Å². The Bertz CT molecular complexity index is 530. The van der Waals surface area contributed by atoms with E-state index in [1.165, 1.54) is 212 Å². The second kappa shape index (κ2) is 30.8. The highest BCUT2D eigenvalue weighted by molar-refractivity contribution is 4.97. The Morgan fingerprint density at radius 2 is 0.561 bits per heavy atom. The molecule has 1 aliphatic heterocycles. The van der Waals surface area contributed by atoms with E-state index in [0.29, 0.717) is 6.17 Å². The van der Waals surface area contributed by atoms with E-state index in [4.69, 9.17) is 0 Å². The van der Waals surface area contributed by atoms with Crippen LogP contribution in [0.15, 0.2) is 12.4 Å². The molecule has 244 valence electrons. The van der Waals surface area contributed by atoms with Crippen molar-refractivity contribution in [2.75, 3.05) is 13.1 Å². The lowest BCUT2D eigenvalue weighted by atomic mass is 10.0. The maximum absolute atomic E-state index is 2.71. The molecule has 1 unspecified atom stereocenters. The van der Waals surface area contributed by atoms with Crippen LogP contribution in [0.4, 0.5) is 0 Å². The molecule has 0 amide bonds. The van der Waals surface area contributed by atoms with E-state index < -0.39 is 0 Å². The largest absolute Gasteiger partial charge is 0.356 e. The van der Waals surface area contributed by atoms with Gasteiger partial charge in [-0.15, -0.1) is 0 Å². The Morgan fingerprint density at radius 3 is 0.854 bits per heavy atom. The summed E-state index contributed by atoms with van der Waals surface area (Å²) in [4.78, 5) is 5.42. The highest BCUT2D eigenvalue weighted by Gasteiger charge is 2.24. The van der Waals surface area contributed by atoms with Crippen molar-refractivity contribution in [2.24, 2.45) is 0 Å². The number of hydrogen-bond donors (Lipinski definition) is 0. The zero-order valence-electron chi connectivity index (χ0n) is 29.0. The van der Waals surface area contributed by atoms with Crippen LogP contribution in [-0.2, 0) is 0 Å². The molecule has 0 N–H and O–H groups in total. The molecule has 0 saturated carbocycles. The maximum Gasteiger partial charge on any atom is 0.101 e. The molecule has 0 saturated heterocycles. The van der Waals surface area contributed by atoms with Gasteiger partial charge in [0.05, 0.1) is 0 Å². The van der Waals surface area contributed by atoms with Gasteiger partial charge in [0.25, 0.3) is 0 Å². The second-order valence-electron chi connectivity index (χ2n) is 13.6. The second-order valence-corrected chi connectivity index (χ2v) is 13.6. The summed E-state index contributed by atoms with van der Waals surface area (Å²) in [7, 11) is 0. The minimum atomic E-state index is 0.640. The number of rotatable bonds is 33. The molecule has 0 aromatic heterocycles.